The van der Waals surface area contributed by atoms with Gasteiger partial charge < -0.3 is 0 Å². The third-order valence-corrected chi connectivity index (χ3v) is 4.75. The second-order valence-corrected chi connectivity index (χ2v) is 7.19. The maximum atomic E-state index is 13.6. The molecule has 0 amide bonds. The standard InChI is InChI=1S/C15H12ClF4NO2S/c16-13-5-2-6-14(17)12(13)9-24(22,23)21-8-10-3-1-4-11(7-10)15(18,19)20/h1-7,21H,8-9H2. The van der Waals surface area contributed by atoms with Crippen molar-refractivity contribution < 1.29 is 26.0 Å². The van der Waals surface area contributed by atoms with Crippen molar-refractivity contribution >= 4 is 21.6 Å². The van der Waals surface area contributed by atoms with Gasteiger partial charge in [0.05, 0.1) is 11.3 Å². The lowest BCUT2D eigenvalue weighted by atomic mass is 10.1. The fourth-order valence-electron chi connectivity index (χ4n) is 1.96. The Morgan fingerprint density at radius 3 is 2.38 bits per heavy atom. The molecule has 0 spiro atoms. The Morgan fingerprint density at radius 1 is 1.08 bits per heavy atom. The summed E-state index contributed by atoms with van der Waals surface area (Å²) in [4.78, 5) is 0. The van der Waals surface area contributed by atoms with Crippen LogP contribution in [0.1, 0.15) is 16.7 Å². The Bertz CT molecular complexity index is 817. The number of rotatable bonds is 5. The second-order valence-electron chi connectivity index (χ2n) is 4.98. The van der Waals surface area contributed by atoms with E-state index in [1.54, 1.807) is 0 Å². The molecule has 0 fully saturated rings. The van der Waals surface area contributed by atoms with Gasteiger partial charge in [0, 0.05) is 17.1 Å². The number of halogens is 5. The SMILES string of the molecule is O=S(=O)(Cc1c(F)cccc1Cl)NCc1cccc(C(F)(F)F)c1. The molecule has 0 aliphatic heterocycles. The van der Waals surface area contributed by atoms with Gasteiger partial charge in [-0.05, 0) is 23.8 Å². The molecule has 1 N–H and O–H groups in total. The van der Waals surface area contributed by atoms with Crippen molar-refractivity contribution in [3.8, 4) is 0 Å². The van der Waals surface area contributed by atoms with Gasteiger partial charge >= 0.3 is 6.18 Å². The van der Waals surface area contributed by atoms with Crippen molar-refractivity contribution in [3.63, 3.8) is 0 Å². The summed E-state index contributed by atoms with van der Waals surface area (Å²) in [6.07, 6.45) is -4.52. The Labute approximate surface area is 141 Å². The molecule has 0 aromatic heterocycles. The van der Waals surface area contributed by atoms with E-state index < -0.39 is 33.3 Å². The molecule has 0 radical (unpaired) electrons. The van der Waals surface area contributed by atoms with Crippen molar-refractivity contribution in [2.24, 2.45) is 0 Å². The van der Waals surface area contributed by atoms with Gasteiger partial charge in [-0.1, -0.05) is 35.9 Å². The Balaban J connectivity index is 2.11. The highest BCUT2D eigenvalue weighted by Crippen LogP contribution is 2.29. The Morgan fingerprint density at radius 2 is 1.75 bits per heavy atom. The van der Waals surface area contributed by atoms with E-state index in [0.717, 1.165) is 18.2 Å². The van der Waals surface area contributed by atoms with Gasteiger partial charge in [0.15, 0.2) is 0 Å². The number of sulfonamides is 1. The highest BCUT2D eigenvalue weighted by molar-refractivity contribution is 7.88. The van der Waals surface area contributed by atoms with Crippen molar-refractivity contribution in [1.29, 1.82) is 0 Å². The first-order valence-electron chi connectivity index (χ1n) is 6.65. The molecule has 2 rings (SSSR count). The molecule has 0 saturated heterocycles. The third-order valence-electron chi connectivity index (χ3n) is 3.15. The molecule has 24 heavy (non-hydrogen) atoms. The number of nitrogens with one attached hydrogen (secondary N) is 1. The van der Waals surface area contributed by atoms with Gasteiger partial charge in [-0.25, -0.2) is 17.5 Å². The van der Waals surface area contributed by atoms with Crippen LogP contribution >= 0.6 is 11.6 Å². The summed E-state index contributed by atoms with van der Waals surface area (Å²) in [5.41, 5.74) is -0.944. The summed E-state index contributed by atoms with van der Waals surface area (Å²) in [7, 11) is -3.98. The molecule has 2 aromatic carbocycles. The molecule has 0 aliphatic carbocycles. The summed E-state index contributed by atoms with van der Waals surface area (Å²) in [6, 6.07) is 8.03. The van der Waals surface area contributed by atoms with Crippen LogP contribution in [0.5, 0.6) is 0 Å². The maximum Gasteiger partial charge on any atom is 0.416 e. The van der Waals surface area contributed by atoms with E-state index in [2.05, 4.69) is 4.72 Å². The Hall–Kier alpha value is -1.64. The number of benzene rings is 2. The highest BCUT2D eigenvalue weighted by atomic mass is 35.5. The quantitative estimate of drug-likeness (QED) is 0.792. The fourth-order valence-corrected chi connectivity index (χ4v) is 3.43. The summed E-state index contributed by atoms with van der Waals surface area (Å²) in [5.74, 6) is -1.48. The summed E-state index contributed by atoms with van der Waals surface area (Å²) < 4.78 is 77.6. The largest absolute Gasteiger partial charge is 0.416 e. The zero-order valence-electron chi connectivity index (χ0n) is 12.1. The van der Waals surface area contributed by atoms with Crippen LogP contribution in [0.25, 0.3) is 0 Å². The highest BCUT2D eigenvalue weighted by Gasteiger charge is 2.30. The van der Waals surface area contributed by atoms with E-state index in [-0.39, 0.29) is 22.7 Å². The lowest BCUT2D eigenvalue weighted by molar-refractivity contribution is -0.137. The van der Waals surface area contributed by atoms with E-state index in [4.69, 9.17) is 11.6 Å². The van der Waals surface area contributed by atoms with Gasteiger partial charge in [0.1, 0.15) is 5.82 Å². The van der Waals surface area contributed by atoms with E-state index in [0.29, 0.717) is 0 Å². The van der Waals surface area contributed by atoms with Gasteiger partial charge in [-0.2, -0.15) is 13.2 Å². The van der Waals surface area contributed by atoms with Crippen LogP contribution in [-0.2, 0) is 28.5 Å². The molecule has 0 aliphatic rings. The first-order valence-corrected chi connectivity index (χ1v) is 8.68. The van der Waals surface area contributed by atoms with Gasteiger partial charge in [0.2, 0.25) is 10.0 Å². The molecule has 0 heterocycles. The average Bonchev–Trinajstić information content (AvgIpc) is 2.49. The second kappa shape index (κ2) is 7.08. The average molecular weight is 382 g/mol. The lowest BCUT2D eigenvalue weighted by Crippen LogP contribution is -2.25. The predicted octanol–water partition coefficient (Wildman–Crippen LogP) is 4.12. The van der Waals surface area contributed by atoms with Crippen molar-refractivity contribution in [2.75, 3.05) is 0 Å². The molecule has 0 unspecified atom stereocenters. The molecule has 9 heteroatoms. The van der Waals surface area contributed by atoms with E-state index in [9.17, 15) is 26.0 Å². The van der Waals surface area contributed by atoms with Crippen molar-refractivity contribution in [3.05, 3.63) is 70.0 Å². The minimum atomic E-state index is -4.52. The molecular weight excluding hydrogens is 370 g/mol. The van der Waals surface area contributed by atoms with E-state index >= 15 is 0 Å². The van der Waals surface area contributed by atoms with Crippen LogP contribution < -0.4 is 4.72 Å². The first kappa shape index (κ1) is 18.7. The van der Waals surface area contributed by atoms with Gasteiger partial charge in [0.25, 0.3) is 0 Å². The zero-order chi connectivity index (χ0) is 18.0. The van der Waals surface area contributed by atoms with Crippen LogP contribution in [0.3, 0.4) is 0 Å². The minimum Gasteiger partial charge on any atom is -0.212 e. The normalized spacial score (nSPS) is 12.4. The molecule has 0 saturated carbocycles. The molecule has 0 bridgehead atoms. The monoisotopic (exact) mass is 381 g/mol. The van der Waals surface area contributed by atoms with Crippen LogP contribution in [-0.4, -0.2) is 8.42 Å². The maximum absolute atomic E-state index is 13.6. The summed E-state index contributed by atoms with van der Waals surface area (Å²) in [5, 5.41) is -0.0422. The van der Waals surface area contributed by atoms with Crippen molar-refractivity contribution in [1.82, 2.24) is 4.72 Å². The summed E-state index contributed by atoms with van der Waals surface area (Å²) in [6.45, 7) is -0.349. The smallest absolute Gasteiger partial charge is 0.212 e. The number of alkyl halides is 3. The van der Waals surface area contributed by atoms with Crippen LogP contribution in [0, 0.1) is 5.82 Å². The number of hydrogen-bond acceptors (Lipinski definition) is 2. The lowest BCUT2D eigenvalue weighted by Gasteiger charge is -2.11. The van der Waals surface area contributed by atoms with Crippen LogP contribution in [0.2, 0.25) is 5.02 Å². The van der Waals surface area contributed by atoms with Crippen molar-refractivity contribution in [2.45, 2.75) is 18.5 Å². The molecule has 2 aromatic rings. The summed E-state index contributed by atoms with van der Waals surface area (Å²) >= 11 is 5.77. The van der Waals surface area contributed by atoms with Gasteiger partial charge in [-0.3, -0.25) is 0 Å². The van der Waals surface area contributed by atoms with E-state index in [1.807, 2.05) is 0 Å². The fraction of sp³-hybridized carbons (Fsp3) is 0.200. The topological polar surface area (TPSA) is 46.2 Å². The van der Waals surface area contributed by atoms with E-state index in [1.165, 1.54) is 24.3 Å². The van der Waals surface area contributed by atoms with Gasteiger partial charge in [-0.15, -0.1) is 0 Å². The Kier molecular flexibility index (Phi) is 5.52. The number of hydrogen-bond donors (Lipinski definition) is 1. The van der Waals surface area contributed by atoms with Crippen LogP contribution in [0.15, 0.2) is 42.5 Å². The molecule has 0 atom stereocenters. The zero-order valence-corrected chi connectivity index (χ0v) is 13.6. The third kappa shape index (κ3) is 4.93. The minimum absolute atomic E-state index is 0.0422. The van der Waals surface area contributed by atoms with Crippen LogP contribution in [0.4, 0.5) is 17.6 Å². The molecule has 130 valence electrons. The first-order chi connectivity index (χ1) is 11.1. The predicted molar refractivity (Wildman–Crippen MR) is 82.3 cm³/mol. The molecular formula is C15H12ClF4NO2S. The molecule has 3 nitrogen and oxygen atoms in total.